The summed E-state index contributed by atoms with van der Waals surface area (Å²) in [6, 6.07) is 8.61. The molecule has 166 valence electrons. The Bertz CT molecular complexity index is 1130. The highest BCUT2D eigenvalue weighted by Crippen LogP contribution is 2.42. The maximum Gasteiger partial charge on any atom is 0.246 e. The number of hydrogen-bond acceptors (Lipinski definition) is 6. The van der Waals surface area contributed by atoms with Crippen LogP contribution in [-0.4, -0.2) is 51.4 Å². The predicted molar refractivity (Wildman–Crippen MR) is 116 cm³/mol. The largest absolute Gasteiger partial charge is 0.497 e. The molecule has 0 unspecified atom stereocenters. The zero-order valence-corrected chi connectivity index (χ0v) is 19.0. The summed E-state index contributed by atoms with van der Waals surface area (Å²) in [5, 5.41) is 0. The Labute approximate surface area is 183 Å². The first kappa shape index (κ1) is 21.6. The van der Waals surface area contributed by atoms with Crippen molar-refractivity contribution in [3.63, 3.8) is 0 Å². The van der Waals surface area contributed by atoms with Gasteiger partial charge in [0.15, 0.2) is 5.78 Å². The number of Topliss-reactive ketones (excluding diaryl/α,β-unsaturated/α-hetero) is 1. The number of piperidine rings is 1. The fourth-order valence-corrected chi connectivity index (χ4v) is 5.94. The maximum atomic E-state index is 13.4. The van der Waals surface area contributed by atoms with Gasteiger partial charge in [0.25, 0.3) is 0 Å². The molecule has 0 bridgehead atoms. The molecule has 2 aliphatic rings. The molecule has 0 amide bonds. The minimum absolute atomic E-state index is 0.00714. The van der Waals surface area contributed by atoms with Crippen molar-refractivity contribution < 1.29 is 27.4 Å². The van der Waals surface area contributed by atoms with Gasteiger partial charge in [-0.1, -0.05) is 0 Å². The summed E-state index contributed by atoms with van der Waals surface area (Å²) in [6.45, 7) is 4.35. The van der Waals surface area contributed by atoms with Gasteiger partial charge in [0.05, 0.1) is 26.2 Å². The molecule has 2 aromatic carbocycles. The van der Waals surface area contributed by atoms with E-state index in [9.17, 15) is 13.2 Å². The Morgan fingerprint density at radius 2 is 1.68 bits per heavy atom. The highest BCUT2D eigenvalue weighted by molar-refractivity contribution is 7.89. The van der Waals surface area contributed by atoms with Crippen LogP contribution in [0.1, 0.15) is 40.7 Å². The number of rotatable bonds is 4. The van der Waals surface area contributed by atoms with Crippen molar-refractivity contribution >= 4 is 15.8 Å². The van der Waals surface area contributed by atoms with Gasteiger partial charge in [-0.2, -0.15) is 4.31 Å². The smallest absolute Gasteiger partial charge is 0.246 e. The van der Waals surface area contributed by atoms with E-state index in [4.69, 9.17) is 14.2 Å². The number of ether oxygens (including phenoxy) is 3. The fourth-order valence-electron chi connectivity index (χ4n) is 4.28. The van der Waals surface area contributed by atoms with E-state index in [1.807, 2.05) is 13.8 Å². The van der Waals surface area contributed by atoms with Gasteiger partial charge in [-0.25, -0.2) is 8.42 Å². The fraction of sp³-hybridized carbons (Fsp3) is 0.435. The Morgan fingerprint density at radius 1 is 1.00 bits per heavy atom. The molecule has 2 aromatic rings. The summed E-state index contributed by atoms with van der Waals surface area (Å²) in [7, 11) is -0.703. The lowest BCUT2D eigenvalue weighted by Gasteiger charge is -2.43. The lowest BCUT2D eigenvalue weighted by Crippen LogP contribution is -2.52. The van der Waals surface area contributed by atoms with Gasteiger partial charge in [-0.15, -0.1) is 0 Å². The summed E-state index contributed by atoms with van der Waals surface area (Å²) in [5.74, 6) is 1.47. The van der Waals surface area contributed by atoms with E-state index < -0.39 is 15.6 Å². The van der Waals surface area contributed by atoms with Crippen LogP contribution in [0, 0.1) is 13.8 Å². The average Bonchev–Trinajstić information content (AvgIpc) is 2.75. The number of sulfonamides is 1. The first-order valence-electron chi connectivity index (χ1n) is 10.2. The van der Waals surface area contributed by atoms with Crippen LogP contribution in [0.4, 0.5) is 0 Å². The lowest BCUT2D eigenvalue weighted by atomic mass is 9.83. The standard InChI is InChI=1S/C23H27NO6S/c1-15-11-21(29-4)22(12-16(15)2)31(26,27)24-9-7-23(8-10-24)14-19(25)18-13-17(28-3)5-6-20(18)30-23/h5-6,11-13H,7-10,14H2,1-4H3. The SMILES string of the molecule is COc1ccc2c(c1)C(=O)CC1(CCN(S(=O)(=O)c3cc(C)c(C)cc3OC)CC1)O2. The van der Waals surface area contributed by atoms with Crippen molar-refractivity contribution in [2.75, 3.05) is 27.3 Å². The van der Waals surface area contributed by atoms with Crippen molar-refractivity contribution in [3.05, 3.63) is 47.0 Å². The van der Waals surface area contributed by atoms with Gasteiger partial charge in [-0.3, -0.25) is 4.79 Å². The molecular weight excluding hydrogens is 418 g/mol. The van der Waals surface area contributed by atoms with Crippen molar-refractivity contribution in [2.45, 2.75) is 43.6 Å². The van der Waals surface area contributed by atoms with Crippen LogP contribution in [-0.2, 0) is 10.0 Å². The van der Waals surface area contributed by atoms with Gasteiger partial charge in [-0.05, 0) is 55.3 Å². The molecule has 0 radical (unpaired) electrons. The number of nitrogens with zero attached hydrogens (tertiary/aromatic N) is 1. The minimum Gasteiger partial charge on any atom is -0.497 e. The van der Waals surface area contributed by atoms with Crippen LogP contribution in [0.25, 0.3) is 0 Å². The first-order chi connectivity index (χ1) is 14.7. The molecule has 0 atom stereocenters. The number of fused-ring (bicyclic) bond motifs is 1. The number of hydrogen-bond donors (Lipinski definition) is 0. The van der Waals surface area contributed by atoms with E-state index in [1.54, 1.807) is 37.4 Å². The number of ketones is 1. The monoisotopic (exact) mass is 445 g/mol. The molecule has 0 saturated carbocycles. The van der Waals surface area contributed by atoms with Crippen LogP contribution in [0.15, 0.2) is 35.2 Å². The van der Waals surface area contributed by atoms with E-state index in [2.05, 4.69) is 0 Å². The van der Waals surface area contributed by atoms with Crippen LogP contribution >= 0.6 is 0 Å². The van der Waals surface area contributed by atoms with E-state index in [0.717, 1.165) is 11.1 Å². The van der Waals surface area contributed by atoms with Crippen molar-refractivity contribution in [1.29, 1.82) is 0 Å². The van der Waals surface area contributed by atoms with Crippen LogP contribution in [0.3, 0.4) is 0 Å². The number of carbonyl (C=O) groups excluding carboxylic acids is 1. The van der Waals surface area contributed by atoms with Gasteiger partial charge < -0.3 is 14.2 Å². The van der Waals surface area contributed by atoms with Crippen LogP contribution < -0.4 is 14.2 Å². The topological polar surface area (TPSA) is 82.1 Å². The zero-order chi connectivity index (χ0) is 22.4. The lowest BCUT2D eigenvalue weighted by molar-refractivity contribution is 0.00582. The molecule has 1 fully saturated rings. The normalized spacial score (nSPS) is 18.4. The molecule has 7 nitrogen and oxygen atoms in total. The number of benzene rings is 2. The average molecular weight is 446 g/mol. The summed E-state index contributed by atoms with van der Waals surface area (Å²) >= 11 is 0. The predicted octanol–water partition coefficient (Wildman–Crippen LogP) is 3.51. The molecule has 2 heterocycles. The first-order valence-corrected chi connectivity index (χ1v) is 11.7. The number of methoxy groups -OCH3 is 2. The summed E-state index contributed by atoms with van der Waals surface area (Å²) in [5.41, 5.74) is 1.69. The van der Waals surface area contributed by atoms with Crippen molar-refractivity contribution in [2.24, 2.45) is 0 Å². The second-order valence-corrected chi connectivity index (χ2v) is 10.1. The van der Waals surface area contributed by atoms with Gasteiger partial charge in [0, 0.05) is 25.9 Å². The van der Waals surface area contributed by atoms with Gasteiger partial charge in [0.2, 0.25) is 10.0 Å². The number of aryl methyl sites for hydroxylation is 2. The molecule has 1 saturated heterocycles. The van der Waals surface area contributed by atoms with E-state index in [1.165, 1.54) is 11.4 Å². The van der Waals surface area contributed by atoms with Crippen LogP contribution in [0.2, 0.25) is 0 Å². The van der Waals surface area contributed by atoms with E-state index >= 15 is 0 Å². The van der Waals surface area contributed by atoms with E-state index in [-0.39, 0.29) is 30.2 Å². The zero-order valence-electron chi connectivity index (χ0n) is 18.2. The van der Waals surface area contributed by atoms with Crippen LogP contribution in [0.5, 0.6) is 17.2 Å². The molecule has 4 rings (SSSR count). The third-order valence-corrected chi connectivity index (χ3v) is 8.25. The Hall–Kier alpha value is -2.58. The second kappa shape index (κ2) is 7.84. The molecule has 8 heteroatoms. The number of carbonyl (C=O) groups is 1. The van der Waals surface area contributed by atoms with E-state index in [0.29, 0.717) is 35.7 Å². The molecule has 1 spiro atoms. The summed E-state index contributed by atoms with van der Waals surface area (Å²) in [6.07, 6.45) is 1.11. The highest BCUT2D eigenvalue weighted by Gasteiger charge is 2.45. The molecule has 2 aliphatic heterocycles. The summed E-state index contributed by atoms with van der Waals surface area (Å²) < 4.78 is 45.0. The molecule has 0 N–H and O–H groups in total. The highest BCUT2D eigenvalue weighted by atomic mass is 32.2. The van der Waals surface area contributed by atoms with Crippen molar-refractivity contribution in [1.82, 2.24) is 4.31 Å². The Morgan fingerprint density at radius 3 is 2.32 bits per heavy atom. The van der Waals surface area contributed by atoms with Gasteiger partial charge >= 0.3 is 0 Å². The minimum atomic E-state index is -3.73. The second-order valence-electron chi connectivity index (χ2n) is 8.24. The third kappa shape index (κ3) is 3.78. The molecule has 31 heavy (non-hydrogen) atoms. The third-order valence-electron chi connectivity index (χ3n) is 6.33. The Kier molecular flexibility index (Phi) is 5.47. The Balaban J connectivity index is 1.56. The molecule has 0 aromatic heterocycles. The van der Waals surface area contributed by atoms with Gasteiger partial charge in [0.1, 0.15) is 27.7 Å². The maximum absolute atomic E-state index is 13.4. The molecule has 0 aliphatic carbocycles. The van der Waals surface area contributed by atoms with Crippen molar-refractivity contribution in [3.8, 4) is 17.2 Å². The quantitative estimate of drug-likeness (QED) is 0.716. The molecular formula is C23H27NO6S. The summed E-state index contributed by atoms with van der Waals surface area (Å²) in [4.78, 5) is 13.0.